The number of thiophene rings is 1. The summed E-state index contributed by atoms with van der Waals surface area (Å²) >= 11 is 1.62. The largest absolute Gasteiger partial charge is 0.444 e. The van der Waals surface area contributed by atoms with Gasteiger partial charge in [0.05, 0.1) is 6.04 Å². The fourth-order valence-electron chi connectivity index (χ4n) is 2.75. The minimum absolute atomic E-state index is 0.131. The zero-order valence-corrected chi connectivity index (χ0v) is 15.4. The van der Waals surface area contributed by atoms with Gasteiger partial charge in [-0.15, -0.1) is 0 Å². The second kappa shape index (κ2) is 6.91. The lowest BCUT2D eigenvalue weighted by atomic mass is 10.0. The fourth-order valence-corrected chi connectivity index (χ4v) is 3.65. The number of amides is 2. The SMILES string of the molecule is CCC(=O)N1CCN(C(=O)OC(C)(C)C)C(c2cscc2C)C1. The van der Waals surface area contributed by atoms with Crippen LogP contribution in [0.4, 0.5) is 4.79 Å². The van der Waals surface area contributed by atoms with Crippen LogP contribution < -0.4 is 0 Å². The van der Waals surface area contributed by atoms with E-state index >= 15 is 0 Å². The summed E-state index contributed by atoms with van der Waals surface area (Å²) in [6, 6.07) is -0.139. The van der Waals surface area contributed by atoms with Crippen LogP contribution in [0, 0.1) is 6.92 Å². The Balaban J connectivity index is 2.25. The van der Waals surface area contributed by atoms with Gasteiger partial charge in [-0.25, -0.2) is 4.79 Å². The van der Waals surface area contributed by atoms with Crippen molar-refractivity contribution in [3.05, 3.63) is 21.9 Å². The molecule has 0 aliphatic carbocycles. The van der Waals surface area contributed by atoms with Crippen LogP contribution in [-0.4, -0.2) is 47.0 Å². The van der Waals surface area contributed by atoms with Crippen molar-refractivity contribution in [1.82, 2.24) is 9.80 Å². The van der Waals surface area contributed by atoms with Gasteiger partial charge in [-0.05, 0) is 49.6 Å². The zero-order chi connectivity index (χ0) is 17.2. The summed E-state index contributed by atoms with van der Waals surface area (Å²) in [5.41, 5.74) is 1.73. The molecule has 128 valence electrons. The van der Waals surface area contributed by atoms with E-state index < -0.39 is 5.60 Å². The minimum Gasteiger partial charge on any atom is -0.444 e. The molecule has 0 spiro atoms. The van der Waals surface area contributed by atoms with Gasteiger partial charge in [-0.1, -0.05) is 6.92 Å². The lowest BCUT2D eigenvalue weighted by Crippen LogP contribution is -2.53. The first-order valence-electron chi connectivity index (χ1n) is 8.03. The Hall–Kier alpha value is -1.56. The van der Waals surface area contributed by atoms with Gasteiger partial charge >= 0.3 is 6.09 Å². The predicted molar refractivity (Wildman–Crippen MR) is 91.6 cm³/mol. The second-order valence-corrected chi connectivity index (χ2v) is 7.64. The van der Waals surface area contributed by atoms with Gasteiger partial charge in [-0.2, -0.15) is 11.3 Å². The van der Waals surface area contributed by atoms with E-state index in [-0.39, 0.29) is 18.0 Å². The first kappa shape index (κ1) is 17.8. The molecule has 2 heterocycles. The molecule has 0 N–H and O–H groups in total. The van der Waals surface area contributed by atoms with E-state index in [9.17, 15) is 9.59 Å². The molecule has 1 aliphatic rings. The molecule has 1 aliphatic heterocycles. The Morgan fingerprint density at radius 2 is 2.00 bits per heavy atom. The molecular weight excluding hydrogens is 312 g/mol. The Labute approximate surface area is 142 Å². The molecule has 0 bridgehead atoms. The number of aryl methyl sites for hydroxylation is 1. The summed E-state index contributed by atoms with van der Waals surface area (Å²) in [5.74, 6) is 0.131. The topological polar surface area (TPSA) is 49.9 Å². The Bertz CT molecular complexity index is 577. The molecular formula is C17H26N2O3S. The van der Waals surface area contributed by atoms with Crippen molar-refractivity contribution < 1.29 is 14.3 Å². The molecule has 1 aromatic rings. The molecule has 1 aromatic heterocycles. The summed E-state index contributed by atoms with van der Waals surface area (Å²) < 4.78 is 5.55. The van der Waals surface area contributed by atoms with Crippen molar-refractivity contribution in [1.29, 1.82) is 0 Å². The highest BCUT2D eigenvalue weighted by atomic mass is 32.1. The molecule has 0 aromatic carbocycles. The van der Waals surface area contributed by atoms with Crippen molar-refractivity contribution in [2.75, 3.05) is 19.6 Å². The van der Waals surface area contributed by atoms with Gasteiger partial charge < -0.3 is 9.64 Å². The average Bonchev–Trinajstić information content (AvgIpc) is 2.90. The maximum Gasteiger partial charge on any atom is 0.410 e. The molecule has 6 heteroatoms. The number of nitrogens with zero attached hydrogens (tertiary/aromatic N) is 2. The van der Waals surface area contributed by atoms with Crippen LogP contribution in [0.15, 0.2) is 10.8 Å². The van der Waals surface area contributed by atoms with E-state index in [1.54, 1.807) is 16.2 Å². The molecule has 1 fully saturated rings. The smallest absolute Gasteiger partial charge is 0.410 e. The number of carbonyl (C=O) groups excluding carboxylic acids is 2. The van der Waals surface area contributed by atoms with Crippen molar-refractivity contribution >= 4 is 23.3 Å². The van der Waals surface area contributed by atoms with Gasteiger partial charge in [0, 0.05) is 26.1 Å². The quantitative estimate of drug-likeness (QED) is 0.828. The maximum absolute atomic E-state index is 12.6. The van der Waals surface area contributed by atoms with Crippen LogP contribution >= 0.6 is 11.3 Å². The van der Waals surface area contributed by atoms with E-state index in [1.807, 2.05) is 39.5 Å². The van der Waals surface area contributed by atoms with Crippen molar-refractivity contribution in [3.63, 3.8) is 0 Å². The molecule has 1 atom stereocenters. The van der Waals surface area contributed by atoms with Crippen LogP contribution in [0.5, 0.6) is 0 Å². The first-order chi connectivity index (χ1) is 10.7. The maximum atomic E-state index is 12.6. The standard InChI is InChI=1S/C17H26N2O3S/c1-6-15(20)18-7-8-19(16(21)22-17(3,4)5)14(9-18)13-11-23-10-12(13)2/h10-11,14H,6-9H2,1-5H3. The molecule has 23 heavy (non-hydrogen) atoms. The highest BCUT2D eigenvalue weighted by Crippen LogP contribution is 2.31. The number of piperazine rings is 1. The third kappa shape index (κ3) is 4.25. The second-order valence-electron chi connectivity index (χ2n) is 6.89. The highest BCUT2D eigenvalue weighted by Gasteiger charge is 2.36. The van der Waals surface area contributed by atoms with Gasteiger partial charge in [0.25, 0.3) is 0 Å². The molecule has 2 amide bonds. The Morgan fingerprint density at radius 1 is 1.30 bits per heavy atom. The summed E-state index contributed by atoms with van der Waals surface area (Å²) in [6.45, 7) is 11.1. The fraction of sp³-hybridized carbons (Fsp3) is 0.647. The van der Waals surface area contributed by atoms with Crippen LogP contribution in [0.2, 0.25) is 0 Å². The molecule has 2 rings (SSSR count). The lowest BCUT2D eigenvalue weighted by molar-refractivity contribution is -0.134. The Morgan fingerprint density at radius 3 is 2.52 bits per heavy atom. The summed E-state index contributed by atoms with van der Waals surface area (Å²) in [4.78, 5) is 28.3. The Kier molecular flexibility index (Phi) is 5.34. The highest BCUT2D eigenvalue weighted by molar-refractivity contribution is 7.08. The number of hydrogen-bond acceptors (Lipinski definition) is 4. The number of carbonyl (C=O) groups is 2. The van der Waals surface area contributed by atoms with E-state index in [0.717, 1.165) is 11.1 Å². The monoisotopic (exact) mass is 338 g/mol. The van der Waals surface area contributed by atoms with Gasteiger partial charge in [0.2, 0.25) is 5.91 Å². The third-order valence-corrected chi connectivity index (χ3v) is 4.80. The molecule has 1 saturated heterocycles. The normalized spacial score (nSPS) is 18.9. The van der Waals surface area contributed by atoms with Crippen molar-refractivity contribution in [3.8, 4) is 0 Å². The minimum atomic E-state index is -0.526. The number of rotatable bonds is 2. The summed E-state index contributed by atoms with van der Waals surface area (Å²) in [7, 11) is 0. The summed E-state index contributed by atoms with van der Waals surface area (Å²) in [5, 5.41) is 4.14. The van der Waals surface area contributed by atoms with Gasteiger partial charge in [-0.3, -0.25) is 9.69 Å². The number of hydrogen-bond donors (Lipinski definition) is 0. The lowest BCUT2D eigenvalue weighted by Gasteiger charge is -2.41. The van der Waals surface area contributed by atoms with E-state index in [4.69, 9.17) is 4.74 Å². The van der Waals surface area contributed by atoms with Crippen molar-refractivity contribution in [2.24, 2.45) is 0 Å². The summed E-state index contributed by atoms with van der Waals surface area (Å²) in [6.07, 6.45) is 0.179. The average molecular weight is 338 g/mol. The van der Waals surface area contributed by atoms with E-state index in [0.29, 0.717) is 26.1 Å². The number of ether oxygens (including phenoxy) is 1. The van der Waals surface area contributed by atoms with Gasteiger partial charge in [0.15, 0.2) is 0 Å². The van der Waals surface area contributed by atoms with Crippen LogP contribution in [0.3, 0.4) is 0 Å². The zero-order valence-electron chi connectivity index (χ0n) is 14.6. The first-order valence-corrected chi connectivity index (χ1v) is 8.97. The van der Waals surface area contributed by atoms with Gasteiger partial charge in [0.1, 0.15) is 5.60 Å². The van der Waals surface area contributed by atoms with Crippen LogP contribution in [-0.2, 0) is 9.53 Å². The van der Waals surface area contributed by atoms with Crippen LogP contribution in [0.25, 0.3) is 0 Å². The van der Waals surface area contributed by atoms with Crippen LogP contribution in [0.1, 0.15) is 51.3 Å². The molecule has 0 radical (unpaired) electrons. The molecule has 0 saturated carbocycles. The van der Waals surface area contributed by atoms with E-state index in [1.165, 1.54) is 0 Å². The third-order valence-electron chi connectivity index (χ3n) is 3.92. The van der Waals surface area contributed by atoms with Crippen molar-refractivity contribution in [2.45, 2.75) is 52.7 Å². The predicted octanol–water partition coefficient (Wildman–Crippen LogP) is 3.59. The molecule has 5 nitrogen and oxygen atoms in total. The van der Waals surface area contributed by atoms with E-state index in [2.05, 4.69) is 10.8 Å². The molecule has 1 unspecified atom stereocenters.